The first-order chi connectivity index (χ1) is 12.5. The second-order valence-corrected chi connectivity index (χ2v) is 8.05. The van der Waals surface area contributed by atoms with Crippen molar-refractivity contribution in [3.05, 3.63) is 42.5 Å². The summed E-state index contributed by atoms with van der Waals surface area (Å²) in [5, 5.41) is 2.87. The number of rotatable bonds is 5. The number of likely N-dealkylation sites (tertiary alicyclic amines) is 1. The highest BCUT2D eigenvalue weighted by molar-refractivity contribution is 6.10. The van der Waals surface area contributed by atoms with E-state index in [0.717, 1.165) is 6.42 Å². The normalized spacial score (nSPS) is 30.2. The first-order valence-corrected chi connectivity index (χ1v) is 9.38. The zero-order valence-corrected chi connectivity index (χ0v) is 15.1. The molecule has 1 saturated heterocycles. The molecule has 0 unspecified atom stereocenters. The lowest BCUT2D eigenvalue weighted by molar-refractivity contribution is -0.147. The standard InChI is InChI=1S/C21H24N2O3/c1-12(2)10-16(19(24)22-15-6-4-3-5-7-15)23-20(25)17-13-8-9-14(11-13)18(17)21(23)26/h3-9,12-14,16-18H,10-11H2,1-2H3,(H,22,24)/t13-,14+,16-,17+,18-/m0/s1. The van der Waals surface area contributed by atoms with Gasteiger partial charge in [0.2, 0.25) is 17.7 Å². The number of amides is 3. The maximum Gasteiger partial charge on any atom is 0.247 e. The Hall–Kier alpha value is -2.43. The summed E-state index contributed by atoms with van der Waals surface area (Å²) in [5.74, 6) is -0.638. The van der Waals surface area contributed by atoms with Crippen LogP contribution in [0.15, 0.2) is 42.5 Å². The summed E-state index contributed by atoms with van der Waals surface area (Å²) in [5.41, 5.74) is 0.673. The van der Waals surface area contributed by atoms with Crippen LogP contribution in [0.25, 0.3) is 0 Å². The number of hydrogen-bond acceptors (Lipinski definition) is 3. The first kappa shape index (κ1) is 17.0. The Morgan fingerprint density at radius 3 is 2.19 bits per heavy atom. The van der Waals surface area contributed by atoms with Crippen LogP contribution >= 0.6 is 0 Å². The molecule has 3 aliphatic rings. The summed E-state index contributed by atoms with van der Waals surface area (Å²) >= 11 is 0. The van der Waals surface area contributed by atoms with E-state index in [1.54, 1.807) is 12.1 Å². The molecular weight excluding hydrogens is 328 g/mol. The zero-order chi connectivity index (χ0) is 18.4. The third-order valence-corrected chi connectivity index (χ3v) is 5.85. The molecule has 5 nitrogen and oxygen atoms in total. The zero-order valence-electron chi connectivity index (χ0n) is 15.1. The third kappa shape index (κ3) is 2.66. The lowest BCUT2D eigenvalue weighted by atomic mass is 9.85. The molecule has 26 heavy (non-hydrogen) atoms. The molecule has 2 fully saturated rings. The number of nitrogens with one attached hydrogen (secondary N) is 1. The molecule has 136 valence electrons. The average Bonchev–Trinajstić information content (AvgIpc) is 3.28. The van der Waals surface area contributed by atoms with Gasteiger partial charge in [-0.25, -0.2) is 0 Å². The van der Waals surface area contributed by atoms with Crippen molar-refractivity contribution >= 4 is 23.4 Å². The summed E-state index contributed by atoms with van der Waals surface area (Å²) < 4.78 is 0. The van der Waals surface area contributed by atoms with Crippen LogP contribution in [0.2, 0.25) is 0 Å². The highest BCUT2D eigenvalue weighted by Crippen LogP contribution is 2.53. The molecule has 1 aromatic rings. The molecular formula is C21H24N2O3. The van der Waals surface area contributed by atoms with Gasteiger partial charge in [-0.1, -0.05) is 44.2 Å². The molecule has 1 N–H and O–H groups in total. The van der Waals surface area contributed by atoms with Gasteiger partial charge < -0.3 is 5.32 Å². The van der Waals surface area contributed by atoms with Crippen LogP contribution in [-0.4, -0.2) is 28.7 Å². The van der Waals surface area contributed by atoms with E-state index in [0.29, 0.717) is 12.1 Å². The predicted molar refractivity (Wildman–Crippen MR) is 97.9 cm³/mol. The summed E-state index contributed by atoms with van der Waals surface area (Å²) in [4.78, 5) is 40.3. The van der Waals surface area contributed by atoms with Crippen LogP contribution < -0.4 is 5.32 Å². The van der Waals surface area contributed by atoms with Crippen molar-refractivity contribution in [3.8, 4) is 0 Å². The van der Waals surface area contributed by atoms with Gasteiger partial charge in [-0.3, -0.25) is 19.3 Å². The van der Waals surface area contributed by atoms with Gasteiger partial charge in [-0.05, 0) is 42.7 Å². The Morgan fingerprint density at radius 1 is 1.08 bits per heavy atom. The average molecular weight is 352 g/mol. The van der Waals surface area contributed by atoms with Gasteiger partial charge in [0, 0.05) is 5.69 Å². The van der Waals surface area contributed by atoms with Crippen LogP contribution in [0.4, 0.5) is 5.69 Å². The topological polar surface area (TPSA) is 66.5 Å². The number of hydrogen-bond donors (Lipinski definition) is 1. The molecule has 1 aromatic carbocycles. The van der Waals surface area contributed by atoms with Crippen LogP contribution in [0.3, 0.4) is 0 Å². The van der Waals surface area contributed by atoms with Crippen molar-refractivity contribution in [1.82, 2.24) is 4.90 Å². The van der Waals surface area contributed by atoms with Crippen molar-refractivity contribution in [2.45, 2.75) is 32.7 Å². The molecule has 0 spiro atoms. The molecule has 5 heteroatoms. The molecule has 0 aromatic heterocycles. The maximum atomic E-state index is 13.1. The van der Waals surface area contributed by atoms with Gasteiger partial charge in [-0.15, -0.1) is 0 Å². The Kier molecular flexibility index (Phi) is 4.17. The van der Waals surface area contributed by atoms with Crippen LogP contribution in [-0.2, 0) is 14.4 Å². The largest absolute Gasteiger partial charge is 0.324 e. The van der Waals surface area contributed by atoms with Crippen molar-refractivity contribution < 1.29 is 14.4 Å². The number of nitrogens with zero attached hydrogens (tertiary/aromatic N) is 1. The van der Waals surface area contributed by atoms with Crippen LogP contribution in [0.1, 0.15) is 26.7 Å². The van der Waals surface area contributed by atoms with Gasteiger partial charge in [0.15, 0.2) is 0 Å². The molecule has 0 radical (unpaired) electrons. The van der Waals surface area contributed by atoms with E-state index in [-0.39, 0.29) is 47.3 Å². The fraction of sp³-hybridized carbons (Fsp3) is 0.476. The number of benzene rings is 1. The fourth-order valence-corrected chi connectivity index (χ4v) is 4.76. The molecule has 1 aliphatic heterocycles. The molecule has 4 rings (SSSR count). The smallest absolute Gasteiger partial charge is 0.247 e. The summed E-state index contributed by atoms with van der Waals surface area (Å²) in [7, 11) is 0. The Bertz CT molecular complexity index is 741. The van der Waals surface area contributed by atoms with Gasteiger partial charge in [0.05, 0.1) is 11.8 Å². The minimum absolute atomic E-state index is 0.156. The summed E-state index contributed by atoms with van der Waals surface area (Å²) in [6.45, 7) is 4.00. The van der Waals surface area contributed by atoms with E-state index in [1.807, 2.05) is 32.0 Å². The van der Waals surface area contributed by atoms with Crippen molar-refractivity contribution in [3.63, 3.8) is 0 Å². The number of imide groups is 1. The number of fused-ring (bicyclic) bond motifs is 5. The Balaban J connectivity index is 1.60. The highest BCUT2D eigenvalue weighted by Gasteiger charge is 2.61. The van der Waals surface area contributed by atoms with E-state index in [4.69, 9.17) is 0 Å². The quantitative estimate of drug-likeness (QED) is 0.654. The van der Waals surface area contributed by atoms with Crippen molar-refractivity contribution in [2.24, 2.45) is 29.6 Å². The van der Waals surface area contributed by atoms with Crippen LogP contribution in [0, 0.1) is 29.6 Å². The van der Waals surface area contributed by atoms with Gasteiger partial charge in [-0.2, -0.15) is 0 Å². The van der Waals surface area contributed by atoms with E-state index in [1.165, 1.54) is 4.90 Å². The second-order valence-electron chi connectivity index (χ2n) is 8.05. The van der Waals surface area contributed by atoms with Gasteiger partial charge >= 0.3 is 0 Å². The lowest BCUT2D eigenvalue weighted by Gasteiger charge is -2.28. The lowest BCUT2D eigenvalue weighted by Crippen LogP contribution is -2.49. The summed E-state index contributed by atoms with van der Waals surface area (Å²) in [6.07, 6.45) is 5.51. The van der Waals surface area contributed by atoms with E-state index >= 15 is 0 Å². The number of para-hydroxylation sites is 1. The Morgan fingerprint density at radius 2 is 1.65 bits per heavy atom. The molecule has 3 amide bonds. The summed E-state index contributed by atoms with van der Waals surface area (Å²) in [6, 6.07) is 8.41. The second kappa shape index (κ2) is 6.38. The predicted octanol–water partition coefficient (Wildman–Crippen LogP) is 2.85. The molecule has 2 aliphatic carbocycles. The van der Waals surface area contributed by atoms with Crippen LogP contribution in [0.5, 0.6) is 0 Å². The van der Waals surface area contributed by atoms with Gasteiger partial charge in [0.1, 0.15) is 6.04 Å². The molecule has 1 saturated carbocycles. The third-order valence-electron chi connectivity index (χ3n) is 5.85. The van der Waals surface area contributed by atoms with Gasteiger partial charge in [0.25, 0.3) is 0 Å². The van der Waals surface area contributed by atoms with E-state index < -0.39 is 6.04 Å². The fourth-order valence-electron chi connectivity index (χ4n) is 4.76. The van der Waals surface area contributed by atoms with E-state index in [9.17, 15) is 14.4 Å². The minimum Gasteiger partial charge on any atom is -0.324 e. The SMILES string of the molecule is CC(C)C[C@@H](C(=O)Nc1ccccc1)N1C(=O)[C@@H]2[C@H](C1=O)[C@H]1C=C[C@@H]2C1. The molecule has 1 heterocycles. The number of carbonyl (C=O) groups excluding carboxylic acids is 3. The first-order valence-electron chi connectivity index (χ1n) is 9.38. The van der Waals surface area contributed by atoms with Crippen molar-refractivity contribution in [2.75, 3.05) is 5.32 Å². The van der Waals surface area contributed by atoms with E-state index in [2.05, 4.69) is 17.5 Å². The minimum atomic E-state index is -0.750. The van der Waals surface area contributed by atoms with Crippen molar-refractivity contribution in [1.29, 1.82) is 0 Å². The highest BCUT2D eigenvalue weighted by atomic mass is 16.2. The Labute approximate surface area is 153 Å². The monoisotopic (exact) mass is 352 g/mol. The number of anilines is 1. The number of allylic oxidation sites excluding steroid dienone is 2. The molecule has 2 bridgehead atoms. The molecule has 5 atom stereocenters. The number of carbonyl (C=O) groups is 3. The maximum absolute atomic E-state index is 13.1.